The molecule has 0 aliphatic rings. The minimum Gasteiger partial charge on any atom is -0.481 e. The third-order valence-electron chi connectivity index (χ3n) is 4.93. The van der Waals surface area contributed by atoms with Crippen molar-refractivity contribution in [3.05, 3.63) is 78.6 Å². The lowest BCUT2D eigenvalue weighted by Crippen LogP contribution is -2.18. The number of pyridine rings is 1. The van der Waals surface area contributed by atoms with Crippen LogP contribution in [0.2, 0.25) is 0 Å². The molecule has 0 fully saturated rings. The summed E-state index contributed by atoms with van der Waals surface area (Å²) >= 11 is 0. The van der Waals surface area contributed by atoms with Gasteiger partial charge in [0.2, 0.25) is 5.88 Å². The summed E-state index contributed by atoms with van der Waals surface area (Å²) < 4.78 is 5.13. The Hall–Kier alpha value is -4.60. The Labute approximate surface area is 190 Å². The number of hydrogen-bond donors (Lipinski definition) is 2. The molecule has 1 amide bonds. The molecule has 0 radical (unpaired) electrons. The van der Waals surface area contributed by atoms with Crippen molar-refractivity contribution >= 4 is 34.7 Å². The summed E-state index contributed by atoms with van der Waals surface area (Å²) in [6, 6.07) is 12.4. The summed E-state index contributed by atoms with van der Waals surface area (Å²) in [4.78, 5) is 36.1. The summed E-state index contributed by atoms with van der Waals surface area (Å²) in [5.41, 5.74) is 2.58. The molecule has 3 aromatic heterocycles. The Balaban J connectivity index is 1.76. The number of benzene rings is 1. The van der Waals surface area contributed by atoms with Gasteiger partial charge < -0.3 is 15.4 Å². The number of rotatable bonds is 7. The second-order valence-corrected chi connectivity index (χ2v) is 6.91. The normalized spacial score (nSPS) is 10.4. The molecule has 4 rings (SSSR count). The number of nitrogens with one attached hydrogen (secondary N) is 2. The molecule has 0 saturated carbocycles. The zero-order chi connectivity index (χ0) is 23.2. The zero-order valence-electron chi connectivity index (χ0n) is 18.4. The average Bonchev–Trinajstić information content (AvgIpc) is 2.86. The summed E-state index contributed by atoms with van der Waals surface area (Å²) in [7, 11) is 3.31. The van der Waals surface area contributed by atoms with Gasteiger partial charge in [0, 0.05) is 42.8 Å². The number of carbonyl (C=O) groups excluding carboxylic acids is 1. The molecule has 0 aliphatic carbocycles. The van der Waals surface area contributed by atoms with E-state index in [-0.39, 0.29) is 5.91 Å². The van der Waals surface area contributed by atoms with Crippen LogP contribution in [-0.4, -0.2) is 45.0 Å². The summed E-state index contributed by atoms with van der Waals surface area (Å²) in [5.74, 6) is 2.00. The van der Waals surface area contributed by atoms with Crippen LogP contribution in [0.5, 0.6) is 5.88 Å². The van der Waals surface area contributed by atoms with Crippen molar-refractivity contribution in [2.24, 2.45) is 0 Å². The Morgan fingerprint density at radius 2 is 1.82 bits per heavy atom. The van der Waals surface area contributed by atoms with E-state index in [4.69, 9.17) is 4.74 Å². The highest BCUT2D eigenvalue weighted by atomic mass is 16.5. The molecule has 10 heteroatoms. The van der Waals surface area contributed by atoms with E-state index in [9.17, 15) is 4.79 Å². The van der Waals surface area contributed by atoms with Gasteiger partial charge in [-0.15, -0.1) is 0 Å². The van der Waals surface area contributed by atoms with Crippen molar-refractivity contribution in [3.63, 3.8) is 0 Å². The van der Waals surface area contributed by atoms with Crippen LogP contribution in [0, 0.1) is 6.92 Å². The maximum absolute atomic E-state index is 13.1. The smallest absolute Gasteiger partial charge is 0.256 e. The predicted octanol–water partition coefficient (Wildman–Crippen LogP) is 3.74. The molecule has 166 valence electrons. The third-order valence-corrected chi connectivity index (χ3v) is 4.93. The summed E-state index contributed by atoms with van der Waals surface area (Å²) in [6.45, 7) is 1.88. The molecule has 1 aromatic carbocycles. The number of hydrogen-bond acceptors (Lipinski definition) is 9. The number of nitrogens with zero attached hydrogens (tertiary/aromatic N) is 6. The number of anilines is 5. The predicted molar refractivity (Wildman–Crippen MR) is 125 cm³/mol. The second kappa shape index (κ2) is 9.69. The number of carbonyl (C=O) groups is 1. The first-order chi connectivity index (χ1) is 16.1. The van der Waals surface area contributed by atoms with Crippen molar-refractivity contribution in [2.75, 3.05) is 29.7 Å². The van der Waals surface area contributed by atoms with Crippen LogP contribution in [0.1, 0.15) is 15.9 Å². The fraction of sp³-hybridized carbons (Fsp3) is 0.130. The number of amides is 1. The highest BCUT2D eigenvalue weighted by molar-refractivity contribution is 6.06. The fourth-order valence-electron chi connectivity index (χ4n) is 3.30. The van der Waals surface area contributed by atoms with Gasteiger partial charge in [-0.05, 0) is 36.8 Å². The molecule has 0 unspecified atom stereocenters. The molecule has 0 bridgehead atoms. The summed E-state index contributed by atoms with van der Waals surface area (Å²) in [6.07, 6.45) is 6.16. The van der Waals surface area contributed by atoms with E-state index >= 15 is 0 Å². The molecule has 0 atom stereocenters. The van der Waals surface area contributed by atoms with Crippen LogP contribution in [-0.2, 0) is 0 Å². The van der Waals surface area contributed by atoms with Crippen LogP contribution in [0.4, 0.5) is 28.8 Å². The van der Waals surface area contributed by atoms with Crippen molar-refractivity contribution in [2.45, 2.75) is 6.92 Å². The Kier molecular flexibility index (Phi) is 6.35. The summed E-state index contributed by atoms with van der Waals surface area (Å²) in [5, 5.41) is 5.92. The van der Waals surface area contributed by atoms with Crippen LogP contribution in [0.3, 0.4) is 0 Å². The van der Waals surface area contributed by atoms with Gasteiger partial charge in [0.1, 0.15) is 30.1 Å². The standard InChI is InChI=1S/C23H22N8O2/c1-15-17(23(32)30-16-7-10-26-22(11-16)33-3)5-4-6-18(15)31(20-8-9-25-13-28-20)21-12-19(24-2)27-14-29-21/h4-14H,1-3H3,(H,24,27,29)(H,26,30,32). The number of methoxy groups -OCH3 is 1. The Morgan fingerprint density at radius 1 is 0.970 bits per heavy atom. The molecule has 2 N–H and O–H groups in total. The van der Waals surface area contributed by atoms with E-state index in [2.05, 4.69) is 35.6 Å². The third kappa shape index (κ3) is 4.69. The second-order valence-electron chi connectivity index (χ2n) is 6.91. The molecule has 0 spiro atoms. The van der Waals surface area contributed by atoms with E-state index in [1.165, 1.54) is 19.8 Å². The van der Waals surface area contributed by atoms with E-state index in [0.29, 0.717) is 34.6 Å². The molecule has 33 heavy (non-hydrogen) atoms. The molecular weight excluding hydrogens is 420 g/mol. The first kappa shape index (κ1) is 21.6. The van der Waals surface area contributed by atoms with Gasteiger partial charge in [-0.2, -0.15) is 0 Å². The fourth-order valence-corrected chi connectivity index (χ4v) is 3.30. The number of aromatic nitrogens is 5. The minimum absolute atomic E-state index is 0.260. The van der Waals surface area contributed by atoms with Crippen LogP contribution in [0.15, 0.2) is 67.5 Å². The highest BCUT2D eigenvalue weighted by Gasteiger charge is 2.21. The lowest BCUT2D eigenvalue weighted by atomic mass is 10.0. The van der Waals surface area contributed by atoms with Gasteiger partial charge >= 0.3 is 0 Å². The van der Waals surface area contributed by atoms with Crippen molar-refractivity contribution in [1.29, 1.82) is 0 Å². The van der Waals surface area contributed by atoms with Gasteiger partial charge in [-0.25, -0.2) is 24.9 Å². The average molecular weight is 442 g/mol. The van der Waals surface area contributed by atoms with E-state index in [1.807, 2.05) is 24.0 Å². The van der Waals surface area contributed by atoms with Crippen LogP contribution < -0.4 is 20.3 Å². The monoisotopic (exact) mass is 442 g/mol. The van der Waals surface area contributed by atoms with Gasteiger partial charge in [-0.3, -0.25) is 9.69 Å². The van der Waals surface area contributed by atoms with Crippen molar-refractivity contribution in [1.82, 2.24) is 24.9 Å². The molecule has 3 heterocycles. The minimum atomic E-state index is -0.260. The lowest BCUT2D eigenvalue weighted by molar-refractivity contribution is 0.102. The maximum atomic E-state index is 13.1. The topological polar surface area (TPSA) is 118 Å². The number of ether oxygens (including phenoxy) is 1. The van der Waals surface area contributed by atoms with Crippen LogP contribution >= 0.6 is 0 Å². The Morgan fingerprint density at radius 3 is 2.58 bits per heavy atom. The van der Waals surface area contributed by atoms with Gasteiger partial charge in [0.25, 0.3) is 5.91 Å². The van der Waals surface area contributed by atoms with E-state index in [0.717, 1.165) is 11.3 Å². The molecule has 0 saturated heterocycles. The highest BCUT2D eigenvalue weighted by Crippen LogP contribution is 2.35. The first-order valence-electron chi connectivity index (χ1n) is 10.1. The lowest BCUT2D eigenvalue weighted by Gasteiger charge is -2.25. The van der Waals surface area contributed by atoms with Gasteiger partial charge in [0.15, 0.2) is 0 Å². The van der Waals surface area contributed by atoms with Gasteiger partial charge in [-0.1, -0.05) is 6.07 Å². The van der Waals surface area contributed by atoms with Gasteiger partial charge in [0.05, 0.1) is 12.8 Å². The largest absolute Gasteiger partial charge is 0.481 e. The molecular formula is C23H22N8O2. The van der Waals surface area contributed by atoms with E-state index < -0.39 is 0 Å². The molecule has 4 aromatic rings. The van der Waals surface area contributed by atoms with Crippen molar-refractivity contribution in [3.8, 4) is 5.88 Å². The first-order valence-corrected chi connectivity index (χ1v) is 10.1. The van der Waals surface area contributed by atoms with Crippen molar-refractivity contribution < 1.29 is 9.53 Å². The SMILES string of the molecule is CNc1cc(N(c2ccncn2)c2cccc(C(=O)Nc3ccnc(OC)c3)c2C)ncn1. The zero-order valence-corrected chi connectivity index (χ0v) is 18.4. The quantitative estimate of drug-likeness (QED) is 0.441. The van der Waals surface area contributed by atoms with E-state index in [1.54, 1.807) is 49.8 Å². The molecule has 0 aliphatic heterocycles. The molecule has 10 nitrogen and oxygen atoms in total. The maximum Gasteiger partial charge on any atom is 0.256 e. The Bertz CT molecular complexity index is 1270. The van der Waals surface area contributed by atoms with Crippen LogP contribution in [0.25, 0.3) is 0 Å².